The molecule has 4 rings (SSSR count). The number of nitrogens with two attached hydrogens (primary N) is 1. The van der Waals surface area contributed by atoms with Crippen LogP contribution in [0.3, 0.4) is 0 Å². The highest BCUT2D eigenvalue weighted by Gasteiger charge is 2.28. The molecule has 0 bridgehead atoms. The van der Waals surface area contributed by atoms with Crippen molar-refractivity contribution in [2.75, 3.05) is 18.0 Å². The summed E-state index contributed by atoms with van der Waals surface area (Å²) in [6.45, 7) is 4.30. The van der Waals surface area contributed by atoms with E-state index in [4.69, 9.17) is 21.8 Å². The topological polar surface area (TPSA) is 103 Å². The lowest BCUT2D eigenvalue weighted by molar-refractivity contribution is -0.117. The molecule has 0 aliphatic carbocycles. The van der Waals surface area contributed by atoms with Gasteiger partial charge < -0.3 is 15.1 Å². The maximum atomic E-state index is 11.2. The predicted octanol–water partition coefficient (Wildman–Crippen LogP) is 2.50. The van der Waals surface area contributed by atoms with Crippen molar-refractivity contribution in [3.63, 3.8) is 0 Å². The van der Waals surface area contributed by atoms with Gasteiger partial charge in [0.15, 0.2) is 11.4 Å². The number of carbonyl (C=O) groups excluding carboxylic acids is 1. The monoisotopic (exact) mass is 388 g/mol. The molecular formula is C18H21ClN6O2. The third-order valence-corrected chi connectivity index (χ3v) is 5.01. The predicted molar refractivity (Wildman–Crippen MR) is 102 cm³/mol. The molecule has 2 N–H and O–H groups in total. The molecule has 1 aliphatic heterocycles. The number of amides is 1. The summed E-state index contributed by atoms with van der Waals surface area (Å²) >= 11 is 6.04. The van der Waals surface area contributed by atoms with E-state index in [1.807, 2.05) is 17.7 Å². The SMILES string of the molecule is CCn1nc(CC(N)=O)nc1C1CCCN(c2nc3cc(Cl)ccc3o2)C1. The van der Waals surface area contributed by atoms with Crippen molar-refractivity contribution in [1.29, 1.82) is 0 Å². The highest BCUT2D eigenvalue weighted by atomic mass is 35.5. The molecule has 27 heavy (non-hydrogen) atoms. The largest absolute Gasteiger partial charge is 0.423 e. The molecule has 9 heteroatoms. The fourth-order valence-electron chi connectivity index (χ4n) is 3.55. The van der Waals surface area contributed by atoms with Crippen LogP contribution in [-0.2, 0) is 17.8 Å². The van der Waals surface area contributed by atoms with Gasteiger partial charge in [0, 0.05) is 30.6 Å². The van der Waals surface area contributed by atoms with Gasteiger partial charge in [-0.25, -0.2) is 9.67 Å². The molecule has 2 aromatic heterocycles. The first-order valence-electron chi connectivity index (χ1n) is 9.06. The van der Waals surface area contributed by atoms with Crippen LogP contribution in [0.5, 0.6) is 0 Å². The lowest BCUT2D eigenvalue weighted by Crippen LogP contribution is -2.35. The second-order valence-corrected chi connectivity index (χ2v) is 7.18. The highest BCUT2D eigenvalue weighted by molar-refractivity contribution is 6.31. The van der Waals surface area contributed by atoms with E-state index in [0.717, 1.165) is 42.9 Å². The van der Waals surface area contributed by atoms with E-state index in [0.29, 0.717) is 23.4 Å². The quantitative estimate of drug-likeness (QED) is 0.720. The van der Waals surface area contributed by atoms with Crippen molar-refractivity contribution in [1.82, 2.24) is 19.7 Å². The Kier molecular flexibility index (Phi) is 4.73. The summed E-state index contributed by atoms with van der Waals surface area (Å²) in [5.74, 6) is 1.13. The van der Waals surface area contributed by atoms with Gasteiger partial charge in [-0.3, -0.25) is 4.79 Å². The van der Waals surface area contributed by atoms with E-state index in [9.17, 15) is 4.79 Å². The van der Waals surface area contributed by atoms with Crippen molar-refractivity contribution < 1.29 is 9.21 Å². The number of aryl methyl sites for hydroxylation is 1. The second kappa shape index (κ2) is 7.19. The molecule has 0 spiro atoms. The zero-order chi connectivity index (χ0) is 19.0. The van der Waals surface area contributed by atoms with E-state index < -0.39 is 5.91 Å². The summed E-state index contributed by atoms with van der Waals surface area (Å²) < 4.78 is 7.77. The van der Waals surface area contributed by atoms with Gasteiger partial charge in [0.1, 0.15) is 11.3 Å². The Bertz CT molecular complexity index is 982. The molecule has 1 fully saturated rings. The first-order chi connectivity index (χ1) is 13.0. The number of primary amides is 1. The van der Waals surface area contributed by atoms with Crippen LogP contribution in [0.15, 0.2) is 22.6 Å². The van der Waals surface area contributed by atoms with Gasteiger partial charge in [0.25, 0.3) is 6.01 Å². The molecule has 142 valence electrons. The number of hydrogen-bond acceptors (Lipinski definition) is 6. The molecular weight excluding hydrogens is 368 g/mol. The number of rotatable bonds is 5. The maximum Gasteiger partial charge on any atom is 0.298 e. The Balaban J connectivity index is 1.58. The normalized spacial score (nSPS) is 17.6. The smallest absolute Gasteiger partial charge is 0.298 e. The van der Waals surface area contributed by atoms with Crippen molar-refractivity contribution in [2.24, 2.45) is 5.73 Å². The Hall–Kier alpha value is -2.61. The number of benzene rings is 1. The first kappa shape index (κ1) is 17.8. The minimum atomic E-state index is -0.426. The standard InChI is InChI=1S/C18H21ClN6O2/c1-2-25-17(22-16(23-25)9-15(20)26)11-4-3-7-24(10-11)18-21-13-8-12(19)5-6-14(13)27-18/h5-6,8,11H,2-4,7,9-10H2,1H3,(H2,20,26). The van der Waals surface area contributed by atoms with Gasteiger partial charge in [-0.15, -0.1) is 0 Å². The summed E-state index contributed by atoms with van der Waals surface area (Å²) in [7, 11) is 0. The third-order valence-electron chi connectivity index (χ3n) is 4.77. The zero-order valence-electron chi connectivity index (χ0n) is 15.1. The molecule has 8 nitrogen and oxygen atoms in total. The van der Waals surface area contributed by atoms with Crippen molar-refractivity contribution in [3.8, 4) is 0 Å². The van der Waals surface area contributed by atoms with Crippen LogP contribution in [0.2, 0.25) is 5.02 Å². The summed E-state index contributed by atoms with van der Waals surface area (Å²) in [4.78, 5) is 22.5. The Morgan fingerprint density at radius 2 is 2.26 bits per heavy atom. The van der Waals surface area contributed by atoms with E-state index >= 15 is 0 Å². The molecule has 1 saturated heterocycles. The number of piperidine rings is 1. The van der Waals surface area contributed by atoms with E-state index in [2.05, 4.69) is 20.0 Å². The molecule has 3 aromatic rings. The van der Waals surface area contributed by atoms with Crippen LogP contribution in [0.1, 0.15) is 37.3 Å². The van der Waals surface area contributed by atoms with E-state index in [-0.39, 0.29) is 12.3 Å². The first-order valence-corrected chi connectivity index (χ1v) is 9.44. The highest BCUT2D eigenvalue weighted by Crippen LogP contribution is 2.31. The fraction of sp³-hybridized carbons (Fsp3) is 0.444. The molecule has 1 amide bonds. The van der Waals surface area contributed by atoms with Gasteiger partial charge in [-0.05, 0) is 38.0 Å². The number of oxazole rings is 1. The summed E-state index contributed by atoms with van der Waals surface area (Å²) in [6.07, 6.45) is 2.05. The second-order valence-electron chi connectivity index (χ2n) is 6.74. The minimum absolute atomic E-state index is 0.0579. The van der Waals surface area contributed by atoms with Crippen LogP contribution in [-0.4, -0.2) is 38.7 Å². The van der Waals surface area contributed by atoms with E-state index in [1.165, 1.54) is 0 Å². The number of nitrogens with zero attached hydrogens (tertiary/aromatic N) is 5. The van der Waals surface area contributed by atoms with Crippen LogP contribution in [0.25, 0.3) is 11.1 Å². The van der Waals surface area contributed by atoms with Crippen molar-refractivity contribution in [2.45, 2.75) is 38.6 Å². The van der Waals surface area contributed by atoms with Gasteiger partial charge in [0.2, 0.25) is 5.91 Å². The lowest BCUT2D eigenvalue weighted by atomic mass is 9.97. The van der Waals surface area contributed by atoms with Crippen molar-refractivity contribution in [3.05, 3.63) is 34.9 Å². The average molecular weight is 389 g/mol. The van der Waals surface area contributed by atoms with E-state index in [1.54, 1.807) is 12.1 Å². The average Bonchev–Trinajstić information content (AvgIpc) is 3.24. The summed E-state index contributed by atoms with van der Waals surface area (Å²) in [5, 5.41) is 5.05. The molecule has 1 unspecified atom stereocenters. The van der Waals surface area contributed by atoms with Crippen LogP contribution in [0, 0.1) is 0 Å². The van der Waals surface area contributed by atoms with Gasteiger partial charge >= 0.3 is 0 Å². The number of hydrogen-bond donors (Lipinski definition) is 1. The Labute approximate surface area is 161 Å². The third kappa shape index (κ3) is 3.62. The maximum absolute atomic E-state index is 11.2. The summed E-state index contributed by atoms with van der Waals surface area (Å²) in [5.41, 5.74) is 6.75. The lowest BCUT2D eigenvalue weighted by Gasteiger charge is -2.31. The van der Waals surface area contributed by atoms with Crippen LogP contribution in [0.4, 0.5) is 6.01 Å². The molecule has 0 saturated carbocycles. The van der Waals surface area contributed by atoms with Crippen LogP contribution >= 0.6 is 11.6 Å². The van der Waals surface area contributed by atoms with Gasteiger partial charge in [-0.1, -0.05) is 11.6 Å². The zero-order valence-corrected chi connectivity index (χ0v) is 15.8. The molecule has 3 heterocycles. The molecule has 1 aromatic carbocycles. The molecule has 1 aliphatic rings. The summed E-state index contributed by atoms with van der Waals surface area (Å²) in [6, 6.07) is 6.02. The Morgan fingerprint density at radius 1 is 1.41 bits per heavy atom. The number of anilines is 1. The van der Waals surface area contributed by atoms with Crippen molar-refractivity contribution >= 4 is 34.6 Å². The Morgan fingerprint density at radius 3 is 3.04 bits per heavy atom. The van der Waals surface area contributed by atoms with Gasteiger partial charge in [-0.2, -0.15) is 10.1 Å². The molecule has 1 atom stereocenters. The number of carbonyl (C=O) groups is 1. The number of aromatic nitrogens is 4. The minimum Gasteiger partial charge on any atom is -0.423 e. The van der Waals surface area contributed by atoms with Crippen LogP contribution < -0.4 is 10.6 Å². The number of halogens is 1. The fourth-order valence-corrected chi connectivity index (χ4v) is 3.72. The van der Waals surface area contributed by atoms with Gasteiger partial charge in [0.05, 0.1) is 6.42 Å². The molecule has 0 radical (unpaired) electrons. The number of fused-ring (bicyclic) bond motifs is 1.